The van der Waals surface area contributed by atoms with E-state index in [0.29, 0.717) is 27.8 Å². The van der Waals surface area contributed by atoms with Gasteiger partial charge in [0.2, 0.25) is 0 Å². The van der Waals surface area contributed by atoms with Crippen molar-refractivity contribution in [2.24, 2.45) is 5.10 Å². The van der Waals surface area contributed by atoms with Gasteiger partial charge in [-0.25, -0.2) is 10.2 Å². The molecule has 0 unspecified atom stereocenters. The van der Waals surface area contributed by atoms with E-state index in [1.54, 1.807) is 36.4 Å². The molecule has 2 rings (SSSR count). The van der Waals surface area contributed by atoms with Crippen molar-refractivity contribution in [3.05, 3.63) is 52.0 Å². The molecular formula is C18H18Cl2N4O4. The minimum Gasteiger partial charge on any atom is -0.493 e. The Morgan fingerprint density at radius 3 is 2.57 bits per heavy atom. The van der Waals surface area contributed by atoms with Gasteiger partial charge in [-0.15, -0.1) is 0 Å². The maximum absolute atomic E-state index is 11.8. The molecule has 2 aromatic rings. The van der Waals surface area contributed by atoms with Crippen LogP contribution in [0.4, 0.5) is 10.5 Å². The minimum absolute atomic E-state index is 0.211. The Morgan fingerprint density at radius 2 is 1.86 bits per heavy atom. The highest BCUT2D eigenvalue weighted by Crippen LogP contribution is 2.29. The van der Waals surface area contributed by atoms with Crippen LogP contribution in [0.15, 0.2) is 41.5 Å². The summed E-state index contributed by atoms with van der Waals surface area (Å²) in [6.07, 6.45) is 1.44. The Bertz CT molecular complexity index is 890. The average Bonchev–Trinajstić information content (AvgIpc) is 2.69. The number of hydrogen-bond donors (Lipinski definition) is 3. The van der Waals surface area contributed by atoms with Crippen molar-refractivity contribution in [1.29, 1.82) is 0 Å². The highest BCUT2D eigenvalue weighted by molar-refractivity contribution is 6.43. The SMILES string of the molecule is COc1ccc(/C=N\NC(=O)CNC(=O)Nc2cccc(Cl)c2Cl)cc1OC. The molecule has 0 aromatic heterocycles. The van der Waals surface area contributed by atoms with E-state index in [4.69, 9.17) is 32.7 Å². The third-order valence-corrected chi connectivity index (χ3v) is 4.24. The summed E-state index contributed by atoms with van der Waals surface area (Å²) in [6.45, 7) is -0.284. The number of anilines is 1. The van der Waals surface area contributed by atoms with Crippen LogP contribution in [0.25, 0.3) is 0 Å². The molecule has 0 aliphatic heterocycles. The molecule has 3 amide bonds. The van der Waals surface area contributed by atoms with Gasteiger partial charge >= 0.3 is 6.03 Å². The Hall–Kier alpha value is -2.97. The molecule has 0 atom stereocenters. The monoisotopic (exact) mass is 424 g/mol. The molecule has 0 radical (unpaired) electrons. The molecule has 0 saturated carbocycles. The lowest BCUT2D eigenvalue weighted by atomic mass is 10.2. The first-order valence-corrected chi connectivity index (χ1v) is 8.73. The van der Waals surface area contributed by atoms with E-state index in [9.17, 15) is 9.59 Å². The van der Waals surface area contributed by atoms with Gasteiger partial charge in [0, 0.05) is 0 Å². The highest BCUT2D eigenvalue weighted by atomic mass is 35.5. The molecule has 28 heavy (non-hydrogen) atoms. The number of hydrazone groups is 1. The van der Waals surface area contributed by atoms with E-state index >= 15 is 0 Å². The van der Waals surface area contributed by atoms with Crippen LogP contribution in [-0.2, 0) is 4.79 Å². The van der Waals surface area contributed by atoms with E-state index in [2.05, 4.69) is 21.2 Å². The van der Waals surface area contributed by atoms with Crippen LogP contribution >= 0.6 is 23.2 Å². The molecule has 10 heteroatoms. The topological polar surface area (TPSA) is 101 Å². The molecule has 8 nitrogen and oxygen atoms in total. The lowest BCUT2D eigenvalue weighted by molar-refractivity contribution is -0.120. The lowest BCUT2D eigenvalue weighted by Gasteiger charge is -2.09. The first kappa shape index (κ1) is 21.3. The molecule has 0 bridgehead atoms. The van der Waals surface area contributed by atoms with Crippen LogP contribution in [0, 0.1) is 0 Å². The van der Waals surface area contributed by atoms with Crippen molar-refractivity contribution >= 4 is 47.0 Å². The van der Waals surface area contributed by atoms with Gasteiger partial charge in [0.25, 0.3) is 5.91 Å². The quantitative estimate of drug-likeness (QED) is 0.468. The van der Waals surface area contributed by atoms with E-state index < -0.39 is 11.9 Å². The second-order valence-electron chi connectivity index (χ2n) is 5.32. The van der Waals surface area contributed by atoms with Crippen molar-refractivity contribution in [1.82, 2.24) is 10.7 Å². The first-order chi connectivity index (χ1) is 13.4. The second kappa shape index (κ2) is 10.4. The molecule has 2 aromatic carbocycles. The summed E-state index contributed by atoms with van der Waals surface area (Å²) in [5.74, 6) is 0.610. The van der Waals surface area contributed by atoms with E-state index in [0.717, 1.165) is 0 Å². The van der Waals surface area contributed by atoms with Gasteiger partial charge in [-0.2, -0.15) is 5.10 Å². The number of nitrogens with zero attached hydrogens (tertiary/aromatic N) is 1. The van der Waals surface area contributed by atoms with Crippen LogP contribution in [0.3, 0.4) is 0 Å². The van der Waals surface area contributed by atoms with E-state index in [1.165, 1.54) is 20.4 Å². The molecule has 0 aliphatic carbocycles. The fraction of sp³-hybridized carbons (Fsp3) is 0.167. The smallest absolute Gasteiger partial charge is 0.319 e. The standard InChI is InChI=1S/C18H18Cl2N4O4/c1-27-14-7-6-11(8-15(14)28-2)9-22-24-16(25)10-21-18(26)23-13-5-3-4-12(19)17(13)20/h3-9H,10H2,1-2H3,(H,24,25)(H2,21,23,26)/b22-9-. The predicted molar refractivity (Wildman–Crippen MR) is 109 cm³/mol. The lowest BCUT2D eigenvalue weighted by Crippen LogP contribution is -2.37. The number of carbonyl (C=O) groups excluding carboxylic acids is 2. The third-order valence-electron chi connectivity index (χ3n) is 3.42. The number of methoxy groups -OCH3 is 2. The van der Waals surface area contributed by atoms with Gasteiger partial charge in [0.05, 0.1) is 36.2 Å². The maximum Gasteiger partial charge on any atom is 0.319 e. The van der Waals surface area contributed by atoms with Crippen molar-refractivity contribution in [2.45, 2.75) is 0 Å². The Balaban J connectivity index is 1.81. The normalized spacial score (nSPS) is 10.4. The highest BCUT2D eigenvalue weighted by Gasteiger charge is 2.09. The first-order valence-electron chi connectivity index (χ1n) is 7.97. The summed E-state index contributed by atoms with van der Waals surface area (Å²) in [5.41, 5.74) is 3.33. The van der Waals surface area contributed by atoms with E-state index in [1.807, 2.05) is 0 Å². The largest absolute Gasteiger partial charge is 0.493 e. The number of amides is 3. The molecule has 0 heterocycles. The maximum atomic E-state index is 11.8. The molecule has 0 saturated heterocycles. The van der Waals surface area contributed by atoms with Gasteiger partial charge in [-0.3, -0.25) is 4.79 Å². The molecule has 148 valence electrons. The average molecular weight is 425 g/mol. The van der Waals surface area contributed by atoms with Gasteiger partial charge < -0.3 is 20.1 Å². The van der Waals surface area contributed by atoms with Crippen molar-refractivity contribution in [3.63, 3.8) is 0 Å². The number of benzene rings is 2. The fourth-order valence-electron chi connectivity index (χ4n) is 2.08. The summed E-state index contributed by atoms with van der Waals surface area (Å²) in [6, 6.07) is 9.38. The number of carbonyl (C=O) groups is 2. The molecule has 0 fully saturated rings. The predicted octanol–water partition coefficient (Wildman–Crippen LogP) is 3.28. The Kier molecular flexibility index (Phi) is 7.91. The summed E-state index contributed by atoms with van der Waals surface area (Å²) in [4.78, 5) is 23.6. The van der Waals surface area contributed by atoms with Gasteiger partial charge in [-0.1, -0.05) is 29.3 Å². The van der Waals surface area contributed by atoms with Gasteiger partial charge in [0.1, 0.15) is 6.54 Å². The number of rotatable bonds is 7. The fourth-order valence-corrected chi connectivity index (χ4v) is 2.43. The summed E-state index contributed by atoms with van der Waals surface area (Å²) in [7, 11) is 3.06. The second-order valence-corrected chi connectivity index (χ2v) is 6.10. The van der Waals surface area contributed by atoms with Crippen LogP contribution in [0.5, 0.6) is 11.5 Å². The van der Waals surface area contributed by atoms with Crippen molar-refractivity contribution in [2.75, 3.05) is 26.1 Å². The third kappa shape index (κ3) is 6.04. The summed E-state index contributed by atoms with van der Waals surface area (Å²) < 4.78 is 10.3. The van der Waals surface area contributed by atoms with Gasteiger partial charge in [-0.05, 0) is 35.9 Å². The Morgan fingerprint density at radius 1 is 1.11 bits per heavy atom. The zero-order chi connectivity index (χ0) is 20.5. The number of halogens is 2. The number of hydrogen-bond acceptors (Lipinski definition) is 5. The Labute approximate surface area is 171 Å². The molecule has 0 spiro atoms. The number of urea groups is 1. The number of ether oxygens (including phenoxy) is 2. The zero-order valence-corrected chi connectivity index (χ0v) is 16.6. The molecule has 3 N–H and O–H groups in total. The molecular weight excluding hydrogens is 407 g/mol. The van der Waals surface area contributed by atoms with E-state index in [-0.39, 0.29) is 11.6 Å². The van der Waals surface area contributed by atoms with Crippen molar-refractivity contribution < 1.29 is 19.1 Å². The van der Waals surface area contributed by atoms with Crippen molar-refractivity contribution in [3.8, 4) is 11.5 Å². The van der Waals surface area contributed by atoms with Crippen LogP contribution < -0.4 is 25.5 Å². The van der Waals surface area contributed by atoms with Crippen LogP contribution in [0.2, 0.25) is 10.0 Å². The van der Waals surface area contributed by atoms with Gasteiger partial charge in [0.15, 0.2) is 11.5 Å². The molecule has 0 aliphatic rings. The minimum atomic E-state index is -0.608. The number of nitrogens with one attached hydrogen (secondary N) is 3. The van der Waals surface area contributed by atoms with Crippen LogP contribution in [-0.4, -0.2) is 38.9 Å². The summed E-state index contributed by atoms with van der Waals surface area (Å²) in [5, 5.41) is 9.23. The van der Waals surface area contributed by atoms with Crippen LogP contribution in [0.1, 0.15) is 5.56 Å². The zero-order valence-electron chi connectivity index (χ0n) is 15.1. The summed E-state index contributed by atoms with van der Waals surface area (Å²) >= 11 is 11.8.